The van der Waals surface area contributed by atoms with Crippen LogP contribution in [0.4, 0.5) is 5.69 Å². The molecule has 188 valence electrons. The van der Waals surface area contributed by atoms with Crippen molar-refractivity contribution in [2.45, 2.75) is 51.3 Å². The Balaban J connectivity index is 1.28. The van der Waals surface area contributed by atoms with Crippen molar-refractivity contribution in [3.05, 3.63) is 88.5 Å². The van der Waals surface area contributed by atoms with Crippen molar-refractivity contribution in [3.8, 4) is 11.5 Å². The number of hydrogen-bond donors (Lipinski definition) is 0. The van der Waals surface area contributed by atoms with E-state index >= 15 is 0 Å². The van der Waals surface area contributed by atoms with Gasteiger partial charge in [0.25, 0.3) is 17.7 Å². The molecule has 7 nitrogen and oxygen atoms in total. The standard InChI is InChI=1S/C30H28N2O5/c1-18-23-13-11-19(28(33)31-17-20-7-3-6-10-24(20)29(31)34)15-25(23)30(35)32(18)21-12-14-26(36-2)27(16-21)37-22-8-4-5-9-22/h3,6-7,10-16,18,22H,4-5,8-9,17H2,1-2H3. The zero-order valence-electron chi connectivity index (χ0n) is 20.9. The molecule has 3 aromatic rings. The average Bonchev–Trinajstić information content (AvgIpc) is 3.61. The van der Waals surface area contributed by atoms with Crippen LogP contribution in [-0.2, 0) is 6.54 Å². The molecule has 1 unspecified atom stereocenters. The van der Waals surface area contributed by atoms with Gasteiger partial charge >= 0.3 is 0 Å². The van der Waals surface area contributed by atoms with E-state index in [4.69, 9.17) is 9.47 Å². The number of anilines is 1. The molecule has 2 aliphatic heterocycles. The number of benzene rings is 3. The lowest BCUT2D eigenvalue weighted by atomic mass is 10.0. The van der Waals surface area contributed by atoms with Gasteiger partial charge in [-0.2, -0.15) is 0 Å². The molecule has 1 aliphatic carbocycles. The van der Waals surface area contributed by atoms with Gasteiger partial charge in [-0.15, -0.1) is 0 Å². The van der Waals surface area contributed by atoms with Gasteiger partial charge in [0, 0.05) is 28.4 Å². The predicted octanol–water partition coefficient (Wildman–Crippen LogP) is 5.53. The third kappa shape index (κ3) is 3.86. The lowest BCUT2D eigenvalue weighted by Crippen LogP contribution is -2.31. The van der Waals surface area contributed by atoms with E-state index in [0.29, 0.717) is 33.9 Å². The summed E-state index contributed by atoms with van der Waals surface area (Å²) in [6, 6.07) is 17.7. The first kappa shape index (κ1) is 23.3. The maximum Gasteiger partial charge on any atom is 0.261 e. The molecule has 0 spiro atoms. The Kier molecular flexibility index (Phi) is 5.71. The minimum atomic E-state index is -0.403. The van der Waals surface area contributed by atoms with Crippen molar-refractivity contribution in [2.75, 3.05) is 12.0 Å². The van der Waals surface area contributed by atoms with Crippen molar-refractivity contribution in [3.63, 3.8) is 0 Å². The Morgan fingerprint density at radius 3 is 2.43 bits per heavy atom. The Bertz CT molecular complexity index is 1430. The second-order valence-corrected chi connectivity index (χ2v) is 9.87. The Labute approximate surface area is 215 Å². The monoisotopic (exact) mass is 496 g/mol. The van der Waals surface area contributed by atoms with Crippen LogP contribution in [0.1, 0.15) is 80.8 Å². The summed E-state index contributed by atoms with van der Waals surface area (Å²) in [5.41, 5.74) is 3.71. The Morgan fingerprint density at radius 2 is 1.68 bits per heavy atom. The van der Waals surface area contributed by atoms with Crippen LogP contribution in [0, 0.1) is 0 Å². The van der Waals surface area contributed by atoms with E-state index in [1.807, 2.05) is 43.3 Å². The number of imide groups is 1. The van der Waals surface area contributed by atoms with Crippen molar-refractivity contribution in [1.29, 1.82) is 0 Å². The molecule has 3 aliphatic rings. The molecule has 0 bridgehead atoms. The number of rotatable bonds is 5. The van der Waals surface area contributed by atoms with Gasteiger partial charge in [0.2, 0.25) is 0 Å². The second-order valence-electron chi connectivity index (χ2n) is 9.87. The molecule has 1 fully saturated rings. The number of carbonyl (C=O) groups is 3. The number of nitrogens with zero attached hydrogens (tertiary/aromatic N) is 2. The zero-order chi connectivity index (χ0) is 25.7. The summed E-state index contributed by atoms with van der Waals surface area (Å²) >= 11 is 0. The first-order valence-corrected chi connectivity index (χ1v) is 12.7. The highest BCUT2D eigenvalue weighted by Gasteiger charge is 2.38. The highest BCUT2D eigenvalue weighted by molar-refractivity contribution is 6.15. The van der Waals surface area contributed by atoms with Crippen LogP contribution in [0.3, 0.4) is 0 Å². The van der Waals surface area contributed by atoms with E-state index in [-0.39, 0.29) is 30.5 Å². The first-order valence-electron chi connectivity index (χ1n) is 12.7. The topological polar surface area (TPSA) is 76.2 Å². The minimum absolute atomic E-state index is 0.154. The normalized spacial score (nSPS) is 18.8. The fraction of sp³-hybridized carbons (Fsp3) is 0.300. The van der Waals surface area contributed by atoms with E-state index in [9.17, 15) is 14.4 Å². The summed E-state index contributed by atoms with van der Waals surface area (Å²) in [4.78, 5) is 42.7. The molecule has 6 rings (SSSR count). The SMILES string of the molecule is COc1ccc(N2C(=O)c3cc(C(=O)N4Cc5ccccc5C4=O)ccc3C2C)cc1OC1CCCC1. The molecule has 0 aromatic heterocycles. The maximum absolute atomic E-state index is 13.6. The highest BCUT2D eigenvalue weighted by atomic mass is 16.5. The molecule has 7 heteroatoms. The van der Waals surface area contributed by atoms with E-state index in [1.54, 1.807) is 36.3 Å². The van der Waals surface area contributed by atoms with Gasteiger partial charge < -0.3 is 14.4 Å². The molecular formula is C30H28N2O5. The Hall–Kier alpha value is -4.13. The maximum atomic E-state index is 13.6. The molecule has 3 amide bonds. The van der Waals surface area contributed by atoms with E-state index in [2.05, 4.69) is 0 Å². The molecule has 1 saturated carbocycles. The predicted molar refractivity (Wildman–Crippen MR) is 138 cm³/mol. The molecule has 3 aromatic carbocycles. The molecule has 0 saturated heterocycles. The summed E-state index contributed by atoms with van der Waals surface area (Å²) < 4.78 is 11.8. The van der Waals surface area contributed by atoms with Crippen LogP contribution in [0.5, 0.6) is 11.5 Å². The van der Waals surface area contributed by atoms with E-state index in [0.717, 1.165) is 36.8 Å². The van der Waals surface area contributed by atoms with Crippen molar-refractivity contribution < 1.29 is 23.9 Å². The summed E-state index contributed by atoms with van der Waals surface area (Å²) in [5.74, 6) is 0.364. The lowest BCUT2D eigenvalue weighted by Gasteiger charge is -2.24. The van der Waals surface area contributed by atoms with Gasteiger partial charge in [-0.1, -0.05) is 24.3 Å². The molecule has 1 atom stereocenters. The van der Waals surface area contributed by atoms with Crippen LogP contribution in [-0.4, -0.2) is 35.8 Å². The van der Waals surface area contributed by atoms with Gasteiger partial charge in [0.1, 0.15) is 0 Å². The van der Waals surface area contributed by atoms with E-state index < -0.39 is 5.91 Å². The fourth-order valence-corrected chi connectivity index (χ4v) is 5.69. The lowest BCUT2D eigenvalue weighted by molar-refractivity contribution is 0.0631. The fourth-order valence-electron chi connectivity index (χ4n) is 5.69. The molecule has 37 heavy (non-hydrogen) atoms. The van der Waals surface area contributed by atoms with Crippen molar-refractivity contribution in [1.82, 2.24) is 4.90 Å². The summed E-state index contributed by atoms with van der Waals surface area (Å²) in [7, 11) is 1.61. The number of fused-ring (bicyclic) bond motifs is 2. The highest BCUT2D eigenvalue weighted by Crippen LogP contribution is 2.42. The third-order valence-corrected chi connectivity index (χ3v) is 7.67. The molecule has 0 radical (unpaired) electrons. The smallest absolute Gasteiger partial charge is 0.261 e. The number of methoxy groups -OCH3 is 1. The number of ether oxygens (including phenoxy) is 2. The van der Waals surface area contributed by atoms with Crippen LogP contribution in [0.15, 0.2) is 60.7 Å². The average molecular weight is 497 g/mol. The van der Waals surface area contributed by atoms with Crippen molar-refractivity contribution >= 4 is 23.4 Å². The van der Waals surface area contributed by atoms with Gasteiger partial charge in [0.15, 0.2) is 11.5 Å². The van der Waals surface area contributed by atoms with Crippen LogP contribution in [0.25, 0.3) is 0 Å². The first-order chi connectivity index (χ1) is 18.0. The largest absolute Gasteiger partial charge is 0.493 e. The number of hydrogen-bond acceptors (Lipinski definition) is 5. The van der Waals surface area contributed by atoms with Gasteiger partial charge in [-0.3, -0.25) is 19.3 Å². The third-order valence-electron chi connectivity index (χ3n) is 7.67. The quantitative estimate of drug-likeness (QED) is 0.434. The molecule has 2 heterocycles. The molecular weight excluding hydrogens is 468 g/mol. The van der Waals surface area contributed by atoms with Crippen molar-refractivity contribution in [2.24, 2.45) is 0 Å². The summed E-state index contributed by atoms with van der Waals surface area (Å²) in [5, 5.41) is 0. The van der Waals surface area contributed by atoms with Crippen LogP contribution < -0.4 is 14.4 Å². The minimum Gasteiger partial charge on any atom is -0.493 e. The molecule has 0 N–H and O–H groups in total. The number of amides is 3. The van der Waals surface area contributed by atoms with E-state index in [1.165, 1.54) is 4.90 Å². The van der Waals surface area contributed by atoms with Crippen LogP contribution >= 0.6 is 0 Å². The number of carbonyl (C=O) groups excluding carboxylic acids is 3. The van der Waals surface area contributed by atoms with Gasteiger partial charge in [-0.05, 0) is 74.1 Å². The summed E-state index contributed by atoms with van der Waals surface area (Å²) in [6.45, 7) is 2.20. The van der Waals surface area contributed by atoms with Crippen LogP contribution in [0.2, 0.25) is 0 Å². The van der Waals surface area contributed by atoms with Gasteiger partial charge in [-0.25, -0.2) is 0 Å². The summed E-state index contributed by atoms with van der Waals surface area (Å²) in [6.07, 6.45) is 4.49. The van der Waals surface area contributed by atoms with Gasteiger partial charge in [0.05, 0.1) is 25.8 Å². The second kappa shape index (κ2) is 9.07. The zero-order valence-corrected chi connectivity index (χ0v) is 20.9. The Morgan fingerprint density at radius 1 is 0.892 bits per heavy atom.